The predicted molar refractivity (Wildman–Crippen MR) is 31.3 cm³/mol. The Morgan fingerprint density at radius 1 is 1.62 bits per heavy atom. The average molecular weight is 158 g/mol. The molecule has 0 saturated heterocycles. The van der Waals surface area contributed by atoms with E-state index in [4.69, 9.17) is 9.79 Å². The van der Waals surface area contributed by atoms with Crippen LogP contribution in [0.5, 0.6) is 0 Å². The van der Waals surface area contributed by atoms with Crippen LogP contribution in [0.3, 0.4) is 0 Å². The maximum atomic E-state index is 9.70. The van der Waals surface area contributed by atoms with Gasteiger partial charge in [-0.2, -0.15) is 0 Å². The van der Waals surface area contributed by atoms with Crippen molar-refractivity contribution in [1.29, 1.82) is 0 Å². The summed E-state index contributed by atoms with van der Waals surface area (Å²) in [6.07, 6.45) is 0. The van der Waals surface area contributed by atoms with E-state index in [1.54, 1.807) is 0 Å². The number of phosphoric acid groups is 1. The van der Waals surface area contributed by atoms with Crippen molar-refractivity contribution in [3.8, 4) is 0 Å². The molecule has 4 nitrogen and oxygen atoms in total. The second-order valence-corrected chi connectivity index (χ2v) is 2.15. The zero-order valence-electron chi connectivity index (χ0n) is 4.27. The monoisotopic (exact) mass is 158 g/mol. The fourth-order valence-corrected chi connectivity index (χ4v) is 0.505. The molecule has 0 atom stereocenters. The van der Waals surface area contributed by atoms with E-state index in [0.29, 0.717) is 0 Å². The van der Waals surface area contributed by atoms with Gasteiger partial charge in [-0.25, -0.2) is 4.57 Å². The molecule has 0 bridgehead atoms. The van der Waals surface area contributed by atoms with Gasteiger partial charge in [0.15, 0.2) is 0 Å². The second kappa shape index (κ2) is 4.35. The van der Waals surface area contributed by atoms with Crippen LogP contribution in [0.25, 0.3) is 0 Å². The minimum Gasteiger partial charge on any atom is -0.303 e. The summed E-state index contributed by atoms with van der Waals surface area (Å²) in [5, 5.41) is 0. The van der Waals surface area contributed by atoms with Crippen LogP contribution in [0, 0.1) is 0 Å². The van der Waals surface area contributed by atoms with Gasteiger partial charge in [0.1, 0.15) is 0 Å². The molecule has 2 N–H and O–H groups in total. The third-order valence-electron chi connectivity index (χ3n) is 0.297. The van der Waals surface area contributed by atoms with Crippen molar-refractivity contribution >= 4 is 21.3 Å². The lowest BCUT2D eigenvalue weighted by Gasteiger charge is -1.98. The molecule has 0 saturated carbocycles. The molecule has 0 heterocycles. The van der Waals surface area contributed by atoms with E-state index in [1.165, 1.54) is 6.92 Å². The molecular formula is C2H7O4PS. The Balaban J connectivity index is 0. The largest absolute Gasteiger partial charge is 0.469 e. The highest BCUT2D eigenvalue weighted by Crippen LogP contribution is 2.34. The Bertz CT molecular complexity index is 88.0. The molecule has 0 aliphatic rings. The first-order valence-corrected chi connectivity index (χ1v) is 3.29. The normalized spacial score (nSPS) is 10.4. The fourth-order valence-electron chi connectivity index (χ4n) is 0.168. The van der Waals surface area contributed by atoms with Crippen LogP contribution in [-0.2, 0) is 9.09 Å². The van der Waals surface area contributed by atoms with Crippen molar-refractivity contribution in [3.63, 3.8) is 0 Å². The Morgan fingerprint density at radius 3 is 2.00 bits per heavy atom. The lowest BCUT2D eigenvalue weighted by molar-refractivity contribution is 0.206. The highest BCUT2D eigenvalue weighted by atomic mass is 32.1. The SMILES string of the molecule is CCOP(=O)(O)O.[S]. The van der Waals surface area contributed by atoms with E-state index < -0.39 is 7.82 Å². The molecule has 0 amide bonds. The van der Waals surface area contributed by atoms with Gasteiger partial charge in [-0.05, 0) is 6.92 Å². The molecule has 0 unspecified atom stereocenters. The van der Waals surface area contributed by atoms with Crippen LogP contribution in [0.15, 0.2) is 0 Å². The van der Waals surface area contributed by atoms with Gasteiger partial charge < -0.3 is 9.79 Å². The van der Waals surface area contributed by atoms with Crippen LogP contribution >= 0.6 is 21.3 Å². The lowest BCUT2D eigenvalue weighted by Crippen LogP contribution is -1.84. The molecule has 2 radical (unpaired) electrons. The molecule has 0 aliphatic carbocycles. The Kier molecular flexibility index (Phi) is 6.13. The van der Waals surface area contributed by atoms with Crippen molar-refractivity contribution in [1.82, 2.24) is 0 Å². The predicted octanol–water partition coefficient (Wildman–Crippen LogP) is 0.764. The van der Waals surface area contributed by atoms with Crippen molar-refractivity contribution < 1.29 is 18.9 Å². The summed E-state index contributed by atoms with van der Waals surface area (Å²) in [5.41, 5.74) is 0. The Morgan fingerprint density at radius 2 is 2.00 bits per heavy atom. The van der Waals surface area contributed by atoms with Crippen LogP contribution in [0.2, 0.25) is 0 Å². The van der Waals surface area contributed by atoms with E-state index in [-0.39, 0.29) is 20.1 Å². The van der Waals surface area contributed by atoms with E-state index >= 15 is 0 Å². The number of hydrogen-bond donors (Lipinski definition) is 2. The summed E-state index contributed by atoms with van der Waals surface area (Å²) in [5.74, 6) is 0. The van der Waals surface area contributed by atoms with Gasteiger partial charge in [0.2, 0.25) is 0 Å². The van der Waals surface area contributed by atoms with Gasteiger partial charge in [0.25, 0.3) is 0 Å². The summed E-state index contributed by atoms with van der Waals surface area (Å²) in [6, 6.07) is 0. The molecule has 0 rings (SSSR count). The highest BCUT2D eigenvalue weighted by Gasteiger charge is 2.10. The fraction of sp³-hybridized carbons (Fsp3) is 1.00. The van der Waals surface area contributed by atoms with Crippen molar-refractivity contribution in [2.45, 2.75) is 6.92 Å². The van der Waals surface area contributed by atoms with E-state index in [9.17, 15) is 4.57 Å². The van der Waals surface area contributed by atoms with Crippen molar-refractivity contribution in [2.24, 2.45) is 0 Å². The summed E-state index contributed by atoms with van der Waals surface area (Å²) in [4.78, 5) is 15.8. The van der Waals surface area contributed by atoms with E-state index in [1.807, 2.05) is 0 Å². The Hall–Kier alpha value is 0.460. The molecule has 0 aromatic rings. The summed E-state index contributed by atoms with van der Waals surface area (Å²) >= 11 is 0. The van der Waals surface area contributed by atoms with Crippen molar-refractivity contribution in [2.75, 3.05) is 6.61 Å². The maximum Gasteiger partial charge on any atom is 0.469 e. The summed E-state index contributed by atoms with van der Waals surface area (Å²) < 4.78 is 13.6. The topological polar surface area (TPSA) is 66.8 Å². The van der Waals surface area contributed by atoms with E-state index in [0.717, 1.165) is 0 Å². The van der Waals surface area contributed by atoms with Gasteiger partial charge >= 0.3 is 7.82 Å². The number of rotatable bonds is 2. The standard InChI is InChI=1S/C2H7O4P.S/c1-2-6-7(3,4)5;/h2H2,1H3,(H2,3,4,5);. The van der Waals surface area contributed by atoms with Gasteiger partial charge in [-0.3, -0.25) is 4.52 Å². The molecule has 0 aromatic carbocycles. The van der Waals surface area contributed by atoms with E-state index in [2.05, 4.69) is 4.52 Å². The minimum absolute atomic E-state index is 0. The molecule has 0 fully saturated rings. The molecule has 0 aliphatic heterocycles. The Labute approximate surface area is 54.5 Å². The number of phosphoric ester groups is 1. The molecule has 50 valence electrons. The third kappa shape index (κ3) is 9.68. The molecule has 0 aromatic heterocycles. The first-order valence-electron chi connectivity index (χ1n) is 1.76. The quantitative estimate of drug-likeness (QED) is 0.582. The smallest absolute Gasteiger partial charge is 0.303 e. The minimum atomic E-state index is -4.17. The zero-order chi connectivity index (χ0) is 5.91. The van der Waals surface area contributed by atoms with Crippen LogP contribution < -0.4 is 0 Å². The molecule has 8 heavy (non-hydrogen) atoms. The maximum absolute atomic E-state index is 9.70. The molecule has 0 spiro atoms. The molecular weight excluding hydrogens is 151 g/mol. The van der Waals surface area contributed by atoms with Crippen molar-refractivity contribution in [3.05, 3.63) is 0 Å². The summed E-state index contributed by atoms with van der Waals surface area (Å²) in [6.45, 7) is 1.56. The van der Waals surface area contributed by atoms with Crippen LogP contribution in [-0.4, -0.2) is 16.4 Å². The third-order valence-corrected chi connectivity index (χ3v) is 0.892. The van der Waals surface area contributed by atoms with Crippen LogP contribution in [0.4, 0.5) is 0 Å². The average Bonchev–Trinajstić information content (AvgIpc) is 1.30. The van der Waals surface area contributed by atoms with Gasteiger partial charge in [-0.1, -0.05) is 0 Å². The highest BCUT2D eigenvalue weighted by molar-refractivity contribution is 7.59. The van der Waals surface area contributed by atoms with Gasteiger partial charge in [0, 0.05) is 13.5 Å². The van der Waals surface area contributed by atoms with Crippen LogP contribution in [0.1, 0.15) is 6.92 Å². The first-order chi connectivity index (χ1) is 3.06. The second-order valence-electron chi connectivity index (χ2n) is 0.908. The number of hydrogen-bond acceptors (Lipinski definition) is 2. The lowest BCUT2D eigenvalue weighted by atomic mass is 10.9. The van der Waals surface area contributed by atoms with Gasteiger partial charge in [-0.15, -0.1) is 0 Å². The zero-order valence-corrected chi connectivity index (χ0v) is 5.98. The molecule has 6 heteroatoms. The summed E-state index contributed by atoms with van der Waals surface area (Å²) in [7, 11) is -4.17. The first kappa shape index (κ1) is 11.3. The van der Waals surface area contributed by atoms with Gasteiger partial charge in [0.05, 0.1) is 6.61 Å².